The van der Waals surface area contributed by atoms with E-state index in [1.165, 1.54) is 0 Å². The van der Waals surface area contributed by atoms with Crippen LogP contribution in [0.1, 0.15) is 10.4 Å². The van der Waals surface area contributed by atoms with Gasteiger partial charge in [0.15, 0.2) is 5.56 Å². The fourth-order valence-electron chi connectivity index (χ4n) is 1.45. The summed E-state index contributed by atoms with van der Waals surface area (Å²) in [7, 11) is 0. The standard InChI is InChI=1S/C8H2N2O7/c11-7-5-4(17-8(7)12)2-1-3(9(13)14)6(5)10(15)16/h1-2H. The minimum Gasteiger partial charge on any atom is -0.419 e. The van der Waals surface area contributed by atoms with E-state index in [0.717, 1.165) is 12.1 Å². The van der Waals surface area contributed by atoms with Crippen LogP contribution in [0, 0.1) is 20.2 Å². The van der Waals surface area contributed by atoms with E-state index in [-0.39, 0.29) is 5.75 Å². The molecule has 0 unspecified atom stereocenters. The molecule has 0 aliphatic carbocycles. The minimum atomic E-state index is -1.29. The zero-order valence-electron chi connectivity index (χ0n) is 7.91. The number of fused-ring (bicyclic) bond motifs is 1. The van der Waals surface area contributed by atoms with Crippen LogP contribution in [0.3, 0.4) is 0 Å². The van der Waals surface area contributed by atoms with E-state index in [9.17, 15) is 29.8 Å². The number of Topliss-reactive ketones (excluding diaryl/α,β-unsaturated/α-hetero) is 1. The summed E-state index contributed by atoms with van der Waals surface area (Å²) in [6, 6.07) is 1.78. The molecule has 0 aromatic heterocycles. The van der Waals surface area contributed by atoms with Gasteiger partial charge >= 0.3 is 17.3 Å². The molecule has 0 amide bonds. The molecule has 0 radical (unpaired) electrons. The zero-order valence-corrected chi connectivity index (χ0v) is 7.91. The van der Waals surface area contributed by atoms with Crippen molar-refractivity contribution in [1.29, 1.82) is 0 Å². The van der Waals surface area contributed by atoms with Gasteiger partial charge in [-0.25, -0.2) is 4.79 Å². The fraction of sp³-hybridized carbons (Fsp3) is 0. The van der Waals surface area contributed by atoms with Crippen molar-refractivity contribution in [2.24, 2.45) is 0 Å². The van der Waals surface area contributed by atoms with E-state index in [2.05, 4.69) is 4.74 Å². The molecule has 0 saturated carbocycles. The van der Waals surface area contributed by atoms with E-state index in [0.29, 0.717) is 0 Å². The number of carbonyl (C=O) groups is 2. The molecule has 86 valence electrons. The van der Waals surface area contributed by atoms with Gasteiger partial charge in [0.25, 0.3) is 5.78 Å². The third-order valence-electron chi connectivity index (χ3n) is 2.11. The van der Waals surface area contributed by atoms with Gasteiger partial charge < -0.3 is 4.74 Å². The molecule has 0 atom stereocenters. The van der Waals surface area contributed by atoms with Crippen molar-refractivity contribution in [3.63, 3.8) is 0 Å². The number of nitro groups is 2. The van der Waals surface area contributed by atoms with Crippen LogP contribution in [0.15, 0.2) is 12.1 Å². The summed E-state index contributed by atoms with van der Waals surface area (Å²) >= 11 is 0. The first-order chi connectivity index (χ1) is 7.93. The molecule has 1 aromatic carbocycles. The van der Waals surface area contributed by atoms with Gasteiger partial charge in [0.1, 0.15) is 5.75 Å². The smallest absolute Gasteiger partial charge is 0.385 e. The lowest BCUT2D eigenvalue weighted by Crippen LogP contribution is -2.11. The lowest BCUT2D eigenvalue weighted by atomic mass is 10.1. The number of benzene rings is 1. The van der Waals surface area contributed by atoms with Crippen molar-refractivity contribution < 1.29 is 24.2 Å². The number of carbonyl (C=O) groups excluding carboxylic acids is 2. The third-order valence-corrected chi connectivity index (χ3v) is 2.11. The first-order valence-corrected chi connectivity index (χ1v) is 4.15. The zero-order chi connectivity index (χ0) is 12.7. The SMILES string of the molecule is O=C1Oc2ccc([N+](=O)[O-])c([N+](=O)[O-])c2C1=O. The van der Waals surface area contributed by atoms with Gasteiger partial charge in [0.2, 0.25) is 0 Å². The number of ether oxygens (including phenoxy) is 1. The number of hydrogen-bond acceptors (Lipinski definition) is 7. The van der Waals surface area contributed by atoms with Crippen LogP contribution < -0.4 is 4.74 Å². The van der Waals surface area contributed by atoms with Crippen molar-refractivity contribution in [3.05, 3.63) is 37.9 Å². The molecule has 1 heterocycles. The van der Waals surface area contributed by atoms with Crippen LogP contribution in [0.2, 0.25) is 0 Å². The Hall–Kier alpha value is -2.84. The predicted molar refractivity (Wildman–Crippen MR) is 49.7 cm³/mol. The normalized spacial score (nSPS) is 13.2. The van der Waals surface area contributed by atoms with E-state index in [1.807, 2.05) is 0 Å². The van der Waals surface area contributed by atoms with Gasteiger partial charge in [-0.3, -0.25) is 25.0 Å². The number of ketones is 1. The highest BCUT2D eigenvalue weighted by atomic mass is 16.6. The van der Waals surface area contributed by atoms with Crippen LogP contribution in [0.5, 0.6) is 5.75 Å². The molecular weight excluding hydrogens is 236 g/mol. The Morgan fingerprint density at radius 3 is 2.24 bits per heavy atom. The molecular formula is C8H2N2O7. The summed E-state index contributed by atoms with van der Waals surface area (Å²) in [4.78, 5) is 41.4. The van der Waals surface area contributed by atoms with Crippen LogP contribution in [0.4, 0.5) is 11.4 Å². The Labute approximate surface area is 91.9 Å². The summed E-state index contributed by atoms with van der Waals surface area (Å²) in [6.07, 6.45) is 0. The van der Waals surface area contributed by atoms with Crippen LogP contribution in [0.25, 0.3) is 0 Å². The van der Waals surface area contributed by atoms with Gasteiger partial charge in [-0.05, 0) is 6.07 Å². The average Bonchev–Trinajstić information content (AvgIpc) is 2.53. The molecule has 0 N–H and O–H groups in total. The van der Waals surface area contributed by atoms with Gasteiger partial charge in [-0.15, -0.1) is 0 Å². The Morgan fingerprint density at radius 1 is 1.06 bits per heavy atom. The van der Waals surface area contributed by atoms with Crippen LogP contribution in [-0.2, 0) is 4.79 Å². The number of esters is 1. The maximum atomic E-state index is 11.3. The highest BCUT2D eigenvalue weighted by molar-refractivity contribution is 6.45. The second kappa shape index (κ2) is 3.33. The predicted octanol–water partition coefficient (Wildman–Crippen LogP) is 0.605. The van der Waals surface area contributed by atoms with E-state index in [4.69, 9.17) is 0 Å². The molecule has 1 aromatic rings. The lowest BCUT2D eigenvalue weighted by Gasteiger charge is -1.98. The molecule has 1 aliphatic rings. The molecule has 0 spiro atoms. The molecule has 0 saturated heterocycles. The van der Waals surface area contributed by atoms with Gasteiger partial charge in [-0.2, -0.15) is 0 Å². The van der Waals surface area contributed by atoms with Crippen LogP contribution >= 0.6 is 0 Å². The van der Waals surface area contributed by atoms with Crippen molar-refractivity contribution >= 4 is 23.1 Å². The number of hydrogen-bond donors (Lipinski definition) is 0. The lowest BCUT2D eigenvalue weighted by molar-refractivity contribution is -0.422. The first kappa shape index (κ1) is 10.7. The topological polar surface area (TPSA) is 130 Å². The molecule has 1 aliphatic heterocycles. The van der Waals surface area contributed by atoms with Crippen molar-refractivity contribution in [2.75, 3.05) is 0 Å². The van der Waals surface area contributed by atoms with Crippen molar-refractivity contribution in [1.82, 2.24) is 0 Å². The Morgan fingerprint density at radius 2 is 1.71 bits per heavy atom. The number of rotatable bonds is 2. The highest BCUT2D eigenvalue weighted by Gasteiger charge is 2.43. The Kier molecular flexibility index (Phi) is 2.09. The molecule has 2 rings (SSSR count). The summed E-state index contributed by atoms with van der Waals surface area (Å²) < 4.78 is 4.43. The third kappa shape index (κ3) is 1.40. The maximum absolute atomic E-state index is 11.3. The quantitative estimate of drug-likeness (QED) is 0.242. The molecule has 0 bridgehead atoms. The van der Waals surface area contributed by atoms with E-state index < -0.39 is 38.5 Å². The number of nitrogens with zero attached hydrogens (tertiary/aromatic N) is 2. The average molecular weight is 238 g/mol. The molecule has 0 fully saturated rings. The Balaban J connectivity index is 2.81. The molecule has 9 heteroatoms. The van der Waals surface area contributed by atoms with E-state index in [1.54, 1.807) is 0 Å². The van der Waals surface area contributed by atoms with Gasteiger partial charge in [0, 0.05) is 6.07 Å². The van der Waals surface area contributed by atoms with Gasteiger partial charge in [0.05, 0.1) is 9.85 Å². The minimum absolute atomic E-state index is 0.336. The second-order valence-corrected chi connectivity index (χ2v) is 3.04. The van der Waals surface area contributed by atoms with E-state index >= 15 is 0 Å². The highest BCUT2D eigenvalue weighted by Crippen LogP contribution is 2.40. The van der Waals surface area contributed by atoms with Gasteiger partial charge in [-0.1, -0.05) is 0 Å². The molecule has 17 heavy (non-hydrogen) atoms. The maximum Gasteiger partial charge on any atom is 0.385 e. The Bertz CT molecular complexity index is 592. The van der Waals surface area contributed by atoms with Crippen LogP contribution in [-0.4, -0.2) is 21.6 Å². The first-order valence-electron chi connectivity index (χ1n) is 4.15. The summed E-state index contributed by atoms with van der Waals surface area (Å²) in [5.41, 5.74) is -2.56. The van der Waals surface area contributed by atoms with Crippen molar-refractivity contribution in [2.45, 2.75) is 0 Å². The summed E-state index contributed by atoms with van der Waals surface area (Å²) in [6.45, 7) is 0. The largest absolute Gasteiger partial charge is 0.419 e. The monoisotopic (exact) mass is 238 g/mol. The number of nitro benzene ring substituents is 2. The summed E-state index contributed by atoms with van der Waals surface area (Å²) in [5.74, 6) is -2.88. The summed E-state index contributed by atoms with van der Waals surface area (Å²) in [5, 5.41) is 21.3. The second-order valence-electron chi connectivity index (χ2n) is 3.04. The molecule has 9 nitrogen and oxygen atoms in total. The fourth-order valence-corrected chi connectivity index (χ4v) is 1.45. The van der Waals surface area contributed by atoms with Crippen molar-refractivity contribution in [3.8, 4) is 5.75 Å².